The Morgan fingerprint density at radius 3 is 2.73 bits per heavy atom. The van der Waals surface area contributed by atoms with Crippen molar-refractivity contribution in [3.63, 3.8) is 0 Å². The van der Waals surface area contributed by atoms with Crippen LogP contribution in [-0.2, 0) is 5.41 Å². The highest BCUT2D eigenvalue weighted by atomic mass is 32.1. The third kappa shape index (κ3) is 1.62. The van der Waals surface area contributed by atoms with Gasteiger partial charge in [0, 0.05) is 23.3 Å². The zero-order valence-electron chi connectivity index (χ0n) is 9.04. The van der Waals surface area contributed by atoms with Crippen molar-refractivity contribution in [1.82, 2.24) is 4.98 Å². The molecular weight excluding hydrogens is 204 g/mol. The molecule has 0 bridgehead atoms. The Morgan fingerprint density at radius 2 is 2.13 bits per heavy atom. The van der Waals surface area contributed by atoms with Gasteiger partial charge in [0.1, 0.15) is 0 Å². The summed E-state index contributed by atoms with van der Waals surface area (Å²) in [6, 6.07) is 0. The molecule has 1 aromatic rings. The van der Waals surface area contributed by atoms with Crippen molar-refractivity contribution in [3.05, 3.63) is 16.1 Å². The first kappa shape index (κ1) is 9.79. The van der Waals surface area contributed by atoms with E-state index in [1.54, 1.807) is 0 Å². The van der Waals surface area contributed by atoms with Crippen LogP contribution in [0.1, 0.15) is 55.1 Å². The Labute approximate surface area is 94.9 Å². The fourth-order valence-corrected chi connectivity index (χ4v) is 3.78. The third-order valence-electron chi connectivity index (χ3n) is 3.94. The summed E-state index contributed by atoms with van der Waals surface area (Å²) in [5, 5.41) is 3.64. The minimum atomic E-state index is 0.240. The first-order valence-corrected chi connectivity index (χ1v) is 6.88. The lowest BCUT2D eigenvalue weighted by atomic mass is 9.83. The molecule has 2 saturated carbocycles. The normalized spacial score (nSPS) is 24.6. The summed E-state index contributed by atoms with van der Waals surface area (Å²) < 4.78 is 0. The van der Waals surface area contributed by atoms with E-state index in [9.17, 15) is 0 Å². The summed E-state index contributed by atoms with van der Waals surface area (Å²) in [5.74, 6) is 0.792. The summed E-state index contributed by atoms with van der Waals surface area (Å²) in [6.45, 7) is 0.779. The number of thiazole rings is 1. The number of rotatable bonds is 3. The minimum Gasteiger partial charge on any atom is -0.330 e. The summed E-state index contributed by atoms with van der Waals surface area (Å²) in [6.07, 6.45) is 7.85. The molecule has 0 atom stereocenters. The number of aromatic nitrogens is 1. The average molecular weight is 222 g/mol. The molecule has 2 aliphatic rings. The molecule has 0 unspecified atom stereocenters. The molecule has 2 fully saturated rings. The van der Waals surface area contributed by atoms with E-state index in [0.29, 0.717) is 0 Å². The molecule has 3 heteroatoms. The van der Waals surface area contributed by atoms with Gasteiger partial charge in [-0.05, 0) is 25.7 Å². The zero-order valence-corrected chi connectivity index (χ0v) is 9.85. The third-order valence-corrected chi connectivity index (χ3v) is 4.95. The molecule has 3 rings (SSSR count). The lowest BCUT2D eigenvalue weighted by Gasteiger charge is -2.24. The molecule has 2 N–H and O–H groups in total. The van der Waals surface area contributed by atoms with Gasteiger partial charge in [-0.25, -0.2) is 4.98 Å². The highest BCUT2D eigenvalue weighted by Gasteiger charge is 2.37. The average Bonchev–Trinajstić information content (AvgIpc) is 2.84. The van der Waals surface area contributed by atoms with Crippen LogP contribution in [0, 0.1) is 0 Å². The Balaban J connectivity index is 1.88. The fourth-order valence-electron chi connectivity index (χ4n) is 2.67. The maximum absolute atomic E-state index is 5.97. The smallest absolute Gasteiger partial charge is 0.0959 e. The van der Waals surface area contributed by atoms with Crippen molar-refractivity contribution < 1.29 is 0 Å². The molecule has 0 amide bonds. The quantitative estimate of drug-likeness (QED) is 0.854. The van der Waals surface area contributed by atoms with Crippen molar-refractivity contribution in [3.8, 4) is 0 Å². The molecule has 15 heavy (non-hydrogen) atoms. The largest absolute Gasteiger partial charge is 0.330 e. The van der Waals surface area contributed by atoms with Gasteiger partial charge in [-0.1, -0.05) is 12.8 Å². The standard InChI is InChI=1S/C12H18N2S/c13-8-12(5-1-2-6-12)10-7-15-11(14-10)9-3-4-9/h7,9H,1-6,8,13H2. The van der Waals surface area contributed by atoms with Gasteiger partial charge in [0.05, 0.1) is 10.7 Å². The molecule has 0 aromatic carbocycles. The lowest BCUT2D eigenvalue weighted by Crippen LogP contribution is -2.32. The van der Waals surface area contributed by atoms with E-state index in [-0.39, 0.29) is 5.41 Å². The first-order chi connectivity index (χ1) is 7.34. The molecule has 0 spiro atoms. The topological polar surface area (TPSA) is 38.9 Å². The van der Waals surface area contributed by atoms with Gasteiger partial charge in [-0.2, -0.15) is 0 Å². The van der Waals surface area contributed by atoms with Crippen LogP contribution in [0.4, 0.5) is 0 Å². The van der Waals surface area contributed by atoms with E-state index in [1.165, 1.54) is 49.2 Å². The lowest BCUT2D eigenvalue weighted by molar-refractivity contribution is 0.441. The Kier molecular flexibility index (Phi) is 2.33. The van der Waals surface area contributed by atoms with Crippen LogP contribution >= 0.6 is 11.3 Å². The van der Waals surface area contributed by atoms with Crippen LogP contribution in [0.3, 0.4) is 0 Å². The van der Waals surface area contributed by atoms with Gasteiger partial charge in [-0.15, -0.1) is 11.3 Å². The molecule has 1 heterocycles. The predicted octanol–water partition coefficient (Wildman–Crippen LogP) is 2.79. The Hall–Kier alpha value is -0.410. The van der Waals surface area contributed by atoms with E-state index in [0.717, 1.165) is 12.5 Å². The Bertz CT molecular complexity index is 348. The molecule has 0 radical (unpaired) electrons. The van der Waals surface area contributed by atoms with Crippen molar-refractivity contribution in [2.24, 2.45) is 5.73 Å². The van der Waals surface area contributed by atoms with Crippen LogP contribution in [0.5, 0.6) is 0 Å². The van der Waals surface area contributed by atoms with Gasteiger partial charge < -0.3 is 5.73 Å². The van der Waals surface area contributed by atoms with E-state index in [1.807, 2.05) is 11.3 Å². The fraction of sp³-hybridized carbons (Fsp3) is 0.750. The SMILES string of the molecule is NCC1(c2csc(C3CC3)n2)CCCC1. The predicted molar refractivity (Wildman–Crippen MR) is 63.3 cm³/mol. The molecule has 2 nitrogen and oxygen atoms in total. The van der Waals surface area contributed by atoms with Crippen LogP contribution in [0.25, 0.3) is 0 Å². The molecule has 0 aliphatic heterocycles. The van der Waals surface area contributed by atoms with Gasteiger partial charge in [-0.3, -0.25) is 0 Å². The summed E-state index contributed by atoms with van der Waals surface area (Å²) in [7, 11) is 0. The molecule has 1 aromatic heterocycles. The van der Waals surface area contributed by atoms with Crippen LogP contribution in [-0.4, -0.2) is 11.5 Å². The first-order valence-electron chi connectivity index (χ1n) is 6.00. The van der Waals surface area contributed by atoms with Gasteiger partial charge in [0.25, 0.3) is 0 Å². The summed E-state index contributed by atoms with van der Waals surface area (Å²) in [4.78, 5) is 4.84. The molecule has 82 valence electrons. The van der Waals surface area contributed by atoms with E-state index >= 15 is 0 Å². The number of hydrogen-bond acceptors (Lipinski definition) is 3. The van der Waals surface area contributed by atoms with Crippen molar-refractivity contribution in [2.75, 3.05) is 6.54 Å². The Morgan fingerprint density at radius 1 is 1.40 bits per heavy atom. The molecular formula is C12H18N2S. The highest BCUT2D eigenvalue weighted by Crippen LogP contribution is 2.45. The minimum absolute atomic E-state index is 0.240. The van der Waals surface area contributed by atoms with Gasteiger partial charge in [0.2, 0.25) is 0 Å². The monoisotopic (exact) mass is 222 g/mol. The highest BCUT2D eigenvalue weighted by molar-refractivity contribution is 7.09. The van der Waals surface area contributed by atoms with Gasteiger partial charge in [0.15, 0.2) is 0 Å². The van der Waals surface area contributed by atoms with E-state index in [4.69, 9.17) is 10.7 Å². The summed E-state index contributed by atoms with van der Waals surface area (Å²) in [5.41, 5.74) is 7.51. The number of nitrogens with two attached hydrogens (primary N) is 1. The van der Waals surface area contributed by atoms with Crippen molar-refractivity contribution >= 4 is 11.3 Å². The van der Waals surface area contributed by atoms with Crippen molar-refractivity contribution in [2.45, 2.75) is 49.9 Å². The second kappa shape index (κ2) is 3.56. The maximum atomic E-state index is 5.97. The second-order valence-electron chi connectivity index (χ2n) is 5.04. The van der Waals surface area contributed by atoms with Crippen LogP contribution in [0.2, 0.25) is 0 Å². The maximum Gasteiger partial charge on any atom is 0.0959 e. The number of hydrogen-bond donors (Lipinski definition) is 1. The second-order valence-corrected chi connectivity index (χ2v) is 5.93. The van der Waals surface area contributed by atoms with Gasteiger partial charge >= 0.3 is 0 Å². The van der Waals surface area contributed by atoms with E-state index in [2.05, 4.69) is 5.38 Å². The molecule has 2 aliphatic carbocycles. The van der Waals surface area contributed by atoms with Crippen LogP contribution < -0.4 is 5.73 Å². The van der Waals surface area contributed by atoms with E-state index < -0.39 is 0 Å². The summed E-state index contributed by atoms with van der Waals surface area (Å²) >= 11 is 1.85. The molecule has 0 saturated heterocycles. The van der Waals surface area contributed by atoms with Crippen LogP contribution in [0.15, 0.2) is 5.38 Å². The zero-order chi connectivity index (χ0) is 10.3. The van der Waals surface area contributed by atoms with Crippen molar-refractivity contribution in [1.29, 1.82) is 0 Å². The number of nitrogens with zero attached hydrogens (tertiary/aromatic N) is 1.